The molecular weight excluding hydrogens is 230 g/mol. The van der Waals surface area contributed by atoms with Crippen molar-refractivity contribution in [3.8, 4) is 0 Å². The van der Waals surface area contributed by atoms with E-state index in [0.29, 0.717) is 6.04 Å². The maximum atomic E-state index is 6.24. The van der Waals surface area contributed by atoms with E-state index in [1.165, 1.54) is 24.8 Å². The Morgan fingerprint density at radius 1 is 1.24 bits per heavy atom. The van der Waals surface area contributed by atoms with E-state index in [0.717, 1.165) is 22.5 Å². The lowest BCUT2D eigenvalue weighted by Crippen LogP contribution is -2.35. The minimum atomic E-state index is 0.568. The number of nitrogens with one attached hydrogen (secondary N) is 1. The molecule has 1 aromatic carbocycles. The van der Waals surface area contributed by atoms with Gasteiger partial charge in [-0.05, 0) is 42.9 Å². The molecule has 0 heterocycles. The summed E-state index contributed by atoms with van der Waals surface area (Å²) in [4.78, 5) is 0. The highest BCUT2D eigenvalue weighted by Crippen LogP contribution is 2.33. The van der Waals surface area contributed by atoms with Crippen LogP contribution in [0.5, 0.6) is 0 Å². The number of halogens is 1. The predicted octanol–water partition coefficient (Wildman–Crippen LogP) is 4.89. The summed E-state index contributed by atoms with van der Waals surface area (Å²) in [6.07, 6.45) is 3.95. The van der Waals surface area contributed by atoms with Gasteiger partial charge in [0.2, 0.25) is 0 Å². The van der Waals surface area contributed by atoms with E-state index in [2.05, 4.69) is 38.2 Å². The molecule has 0 bridgehead atoms. The first-order chi connectivity index (χ1) is 8.08. The van der Waals surface area contributed by atoms with Crippen LogP contribution < -0.4 is 5.32 Å². The lowest BCUT2D eigenvalue weighted by Gasteiger charge is -2.35. The Labute approximate surface area is 110 Å². The Bertz CT molecular complexity index is 389. The molecule has 1 N–H and O–H groups in total. The number of hydrogen-bond donors (Lipinski definition) is 1. The summed E-state index contributed by atoms with van der Waals surface area (Å²) in [6.45, 7) is 6.82. The van der Waals surface area contributed by atoms with Gasteiger partial charge in [-0.15, -0.1) is 0 Å². The van der Waals surface area contributed by atoms with Gasteiger partial charge in [0, 0.05) is 6.04 Å². The molecule has 1 nitrogen and oxygen atoms in total. The summed E-state index contributed by atoms with van der Waals surface area (Å²) >= 11 is 6.24. The van der Waals surface area contributed by atoms with Gasteiger partial charge < -0.3 is 5.32 Å². The van der Waals surface area contributed by atoms with E-state index in [9.17, 15) is 0 Å². The van der Waals surface area contributed by atoms with E-state index in [1.807, 2.05) is 6.07 Å². The summed E-state index contributed by atoms with van der Waals surface area (Å²) in [6, 6.07) is 6.75. The third kappa shape index (κ3) is 2.95. The molecule has 17 heavy (non-hydrogen) atoms. The molecule has 2 rings (SSSR count). The fourth-order valence-electron chi connectivity index (χ4n) is 2.74. The highest BCUT2D eigenvalue weighted by Gasteiger charge is 2.27. The number of hydrogen-bond acceptors (Lipinski definition) is 1. The van der Waals surface area contributed by atoms with E-state index >= 15 is 0 Å². The first-order valence-electron chi connectivity index (χ1n) is 6.60. The summed E-state index contributed by atoms with van der Waals surface area (Å²) in [5, 5.41) is 4.47. The molecule has 1 aliphatic carbocycles. The van der Waals surface area contributed by atoms with Crippen LogP contribution in [0.15, 0.2) is 18.2 Å². The first kappa shape index (κ1) is 12.8. The SMILES string of the molecule is Cc1ccc(Cl)c(NC2CCCC(C)C2C)c1. The minimum absolute atomic E-state index is 0.568. The molecule has 1 saturated carbocycles. The van der Waals surface area contributed by atoms with Crippen molar-refractivity contribution in [3.05, 3.63) is 28.8 Å². The second-order valence-corrected chi connectivity index (χ2v) is 5.91. The molecule has 94 valence electrons. The Kier molecular flexibility index (Phi) is 3.98. The topological polar surface area (TPSA) is 12.0 Å². The molecule has 0 spiro atoms. The van der Waals surface area contributed by atoms with Crippen molar-refractivity contribution in [1.29, 1.82) is 0 Å². The van der Waals surface area contributed by atoms with Crippen LogP contribution in [0.2, 0.25) is 5.02 Å². The molecule has 1 fully saturated rings. The maximum Gasteiger partial charge on any atom is 0.0637 e. The van der Waals surface area contributed by atoms with Crippen molar-refractivity contribution in [2.24, 2.45) is 11.8 Å². The van der Waals surface area contributed by atoms with Gasteiger partial charge in [0.1, 0.15) is 0 Å². The normalized spacial score (nSPS) is 29.1. The predicted molar refractivity (Wildman–Crippen MR) is 75.8 cm³/mol. The molecule has 0 radical (unpaired) electrons. The van der Waals surface area contributed by atoms with Gasteiger partial charge in [0.15, 0.2) is 0 Å². The highest BCUT2D eigenvalue weighted by atomic mass is 35.5. The van der Waals surface area contributed by atoms with Crippen LogP contribution in [0.1, 0.15) is 38.7 Å². The fraction of sp³-hybridized carbons (Fsp3) is 0.600. The van der Waals surface area contributed by atoms with Gasteiger partial charge in [-0.25, -0.2) is 0 Å². The van der Waals surface area contributed by atoms with Crippen LogP contribution in [0.3, 0.4) is 0 Å². The number of aryl methyl sites for hydroxylation is 1. The van der Waals surface area contributed by atoms with Gasteiger partial charge in [0.25, 0.3) is 0 Å². The summed E-state index contributed by atoms with van der Waals surface area (Å²) < 4.78 is 0. The van der Waals surface area contributed by atoms with Crippen molar-refractivity contribution in [2.45, 2.75) is 46.1 Å². The number of benzene rings is 1. The lowest BCUT2D eigenvalue weighted by molar-refractivity contribution is 0.253. The van der Waals surface area contributed by atoms with E-state index in [4.69, 9.17) is 11.6 Å². The lowest BCUT2D eigenvalue weighted by atomic mass is 9.78. The van der Waals surface area contributed by atoms with Crippen molar-refractivity contribution < 1.29 is 0 Å². The van der Waals surface area contributed by atoms with E-state index in [-0.39, 0.29) is 0 Å². The average molecular weight is 252 g/mol. The second kappa shape index (κ2) is 5.30. The molecule has 1 aromatic rings. The molecule has 0 aliphatic heterocycles. The fourth-order valence-corrected chi connectivity index (χ4v) is 2.91. The Balaban J connectivity index is 2.11. The second-order valence-electron chi connectivity index (χ2n) is 5.50. The standard InChI is InChI=1S/C15H22ClN/c1-10-7-8-13(16)15(9-10)17-14-6-4-5-11(2)12(14)3/h7-9,11-12,14,17H,4-6H2,1-3H3. The molecule has 3 unspecified atom stereocenters. The zero-order chi connectivity index (χ0) is 12.4. The summed E-state index contributed by atoms with van der Waals surface area (Å²) in [5.41, 5.74) is 2.35. The van der Waals surface area contributed by atoms with Gasteiger partial charge in [-0.2, -0.15) is 0 Å². The van der Waals surface area contributed by atoms with Crippen molar-refractivity contribution in [1.82, 2.24) is 0 Å². The van der Waals surface area contributed by atoms with Gasteiger partial charge in [0.05, 0.1) is 10.7 Å². The Morgan fingerprint density at radius 2 is 2.00 bits per heavy atom. The molecule has 3 atom stereocenters. The van der Waals surface area contributed by atoms with Crippen LogP contribution in [0, 0.1) is 18.8 Å². The Hall–Kier alpha value is -0.690. The smallest absolute Gasteiger partial charge is 0.0637 e. The largest absolute Gasteiger partial charge is 0.381 e. The van der Waals surface area contributed by atoms with Crippen LogP contribution >= 0.6 is 11.6 Å². The molecule has 1 aliphatic rings. The van der Waals surface area contributed by atoms with Crippen molar-refractivity contribution >= 4 is 17.3 Å². The zero-order valence-corrected chi connectivity index (χ0v) is 11.7. The van der Waals surface area contributed by atoms with Crippen LogP contribution in [0.4, 0.5) is 5.69 Å². The van der Waals surface area contributed by atoms with Crippen LogP contribution in [-0.2, 0) is 0 Å². The summed E-state index contributed by atoms with van der Waals surface area (Å²) in [7, 11) is 0. The minimum Gasteiger partial charge on any atom is -0.381 e. The highest BCUT2D eigenvalue weighted by molar-refractivity contribution is 6.33. The summed E-state index contributed by atoms with van der Waals surface area (Å²) in [5.74, 6) is 1.53. The van der Waals surface area contributed by atoms with Crippen LogP contribution in [0.25, 0.3) is 0 Å². The molecular formula is C15H22ClN. The number of rotatable bonds is 2. The average Bonchev–Trinajstić information content (AvgIpc) is 2.30. The first-order valence-corrected chi connectivity index (χ1v) is 6.98. The Morgan fingerprint density at radius 3 is 2.76 bits per heavy atom. The van der Waals surface area contributed by atoms with Crippen molar-refractivity contribution in [3.63, 3.8) is 0 Å². The number of anilines is 1. The monoisotopic (exact) mass is 251 g/mol. The molecule has 0 saturated heterocycles. The molecule has 0 aromatic heterocycles. The third-order valence-electron chi connectivity index (χ3n) is 4.17. The van der Waals surface area contributed by atoms with Gasteiger partial charge >= 0.3 is 0 Å². The quantitative estimate of drug-likeness (QED) is 0.790. The molecule has 0 amide bonds. The third-order valence-corrected chi connectivity index (χ3v) is 4.50. The van der Waals surface area contributed by atoms with E-state index in [1.54, 1.807) is 0 Å². The van der Waals surface area contributed by atoms with Gasteiger partial charge in [-0.3, -0.25) is 0 Å². The van der Waals surface area contributed by atoms with Crippen molar-refractivity contribution in [2.75, 3.05) is 5.32 Å². The van der Waals surface area contributed by atoms with Crippen LogP contribution in [-0.4, -0.2) is 6.04 Å². The van der Waals surface area contributed by atoms with Gasteiger partial charge in [-0.1, -0.05) is 44.4 Å². The molecule has 2 heteroatoms. The van der Waals surface area contributed by atoms with E-state index < -0.39 is 0 Å². The maximum absolute atomic E-state index is 6.24. The zero-order valence-electron chi connectivity index (χ0n) is 11.0.